The van der Waals surface area contributed by atoms with Crippen LogP contribution in [0, 0.1) is 12.3 Å². The summed E-state index contributed by atoms with van der Waals surface area (Å²) < 4.78 is 0. The number of carbonyl (C=O) groups excluding carboxylic acids is 2. The Kier molecular flexibility index (Phi) is 4.41. The van der Waals surface area contributed by atoms with Gasteiger partial charge in [-0.1, -0.05) is 49.6 Å². The van der Waals surface area contributed by atoms with E-state index in [-0.39, 0.29) is 24.4 Å². The number of terminal acetylenes is 1. The fraction of sp³-hybridized carbons (Fsp3) is 0.375. The molecule has 0 saturated carbocycles. The molecule has 1 saturated heterocycles. The largest absolute Gasteiger partial charge is 0.339 e. The maximum Gasteiger partial charge on any atom is 0.251 e. The quantitative estimate of drug-likeness (QED) is 0.843. The molecule has 1 aliphatic heterocycles. The highest BCUT2D eigenvalue weighted by Crippen LogP contribution is 2.21. The molecule has 2 amide bonds. The van der Waals surface area contributed by atoms with E-state index in [4.69, 9.17) is 6.42 Å². The normalized spacial score (nSPS) is 20.2. The lowest BCUT2D eigenvalue weighted by molar-refractivity contribution is -0.145. The van der Waals surface area contributed by atoms with E-state index in [1.165, 1.54) is 4.90 Å². The molecule has 1 aromatic carbocycles. The molecule has 4 nitrogen and oxygen atoms in total. The second kappa shape index (κ2) is 6.25. The highest BCUT2D eigenvalue weighted by atomic mass is 16.2. The molecule has 1 N–H and O–H groups in total. The van der Waals surface area contributed by atoms with Crippen LogP contribution in [0.4, 0.5) is 0 Å². The third-order valence-electron chi connectivity index (χ3n) is 3.41. The average Bonchev–Trinajstić information content (AvgIpc) is 2.48. The van der Waals surface area contributed by atoms with Crippen LogP contribution < -0.4 is 5.32 Å². The zero-order valence-corrected chi connectivity index (χ0v) is 11.5. The molecule has 0 radical (unpaired) electrons. The highest BCUT2D eigenvalue weighted by Gasteiger charge is 2.36. The van der Waals surface area contributed by atoms with Crippen LogP contribution in [0.25, 0.3) is 0 Å². The molecule has 1 fully saturated rings. The van der Waals surface area contributed by atoms with Gasteiger partial charge in [0.05, 0.1) is 6.04 Å². The predicted molar refractivity (Wildman–Crippen MR) is 76.6 cm³/mol. The van der Waals surface area contributed by atoms with Crippen molar-refractivity contribution >= 4 is 11.8 Å². The van der Waals surface area contributed by atoms with Gasteiger partial charge in [-0.25, -0.2) is 0 Å². The summed E-state index contributed by atoms with van der Waals surface area (Å²) in [4.78, 5) is 25.9. The monoisotopic (exact) mass is 270 g/mol. The van der Waals surface area contributed by atoms with Crippen molar-refractivity contribution in [2.45, 2.75) is 31.8 Å². The van der Waals surface area contributed by atoms with Crippen molar-refractivity contribution in [2.75, 3.05) is 6.54 Å². The Hall–Kier alpha value is -2.28. The second-order valence-corrected chi connectivity index (χ2v) is 4.85. The first-order valence-electron chi connectivity index (χ1n) is 6.78. The van der Waals surface area contributed by atoms with Crippen molar-refractivity contribution in [1.29, 1.82) is 0 Å². The number of hydrogen-bond acceptors (Lipinski definition) is 2. The lowest BCUT2D eigenvalue weighted by Crippen LogP contribution is -2.56. The molecule has 1 aromatic rings. The minimum Gasteiger partial charge on any atom is -0.339 e. The average molecular weight is 270 g/mol. The molecule has 0 aliphatic carbocycles. The van der Waals surface area contributed by atoms with Gasteiger partial charge >= 0.3 is 0 Å². The summed E-state index contributed by atoms with van der Waals surface area (Å²) in [6.45, 7) is 2.05. The molecule has 20 heavy (non-hydrogen) atoms. The van der Waals surface area contributed by atoms with E-state index in [0.29, 0.717) is 6.42 Å². The van der Waals surface area contributed by atoms with Crippen LogP contribution in [0.1, 0.15) is 31.4 Å². The van der Waals surface area contributed by atoms with E-state index in [1.54, 1.807) is 0 Å². The van der Waals surface area contributed by atoms with Gasteiger partial charge in [0, 0.05) is 0 Å². The van der Waals surface area contributed by atoms with E-state index >= 15 is 0 Å². The number of nitrogens with one attached hydrogen (secondary N) is 1. The van der Waals surface area contributed by atoms with Crippen molar-refractivity contribution in [3.63, 3.8) is 0 Å². The zero-order chi connectivity index (χ0) is 14.5. The summed E-state index contributed by atoms with van der Waals surface area (Å²) in [5, 5.41) is 2.73. The number of benzene rings is 1. The minimum absolute atomic E-state index is 0.0387. The fourth-order valence-corrected chi connectivity index (χ4v) is 2.40. The van der Waals surface area contributed by atoms with E-state index in [0.717, 1.165) is 12.0 Å². The third-order valence-corrected chi connectivity index (χ3v) is 3.41. The van der Waals surface area contributed by atoms with Gasteiger partial charge in [0.2, 0.25) is 5.91 Å². The molecule has 0 spiro atoms. The Morgan fingerprint density at radius 3 is 2.70 bits per heavy atom. The van der Waals surface area contributed by atoms with Crippen molar-refractivity contribution in [3.05, 3.63) is 35.9 Å². The summed E-state index contributed by atoms with van der Waals surface area (Å²) >= 11 is 0. The van der Waals surface area contributed by atoms with Gasteiger partial charge < -0.3 is 10.2 Å². The molecule has 0 aromatic heterocycles. The Bertz CT molecular complexity index is 533. The van der Waals surface area contributed by atoms with Crippen LogP contribution in [-0.4, -0.2) is 29.3 Å². The summed E-state index contributed by atoms with van der Waals surface area (Å²) in [6, 6.07) is 8.28. The van der Waals surface area contributed by atoms with Crippen molar-refractivity contribution < 1.29 is 9.59 Å². The molecule has 2 atom stereocenters. The van der Waals surface area contributed by atoms with Gasteiger partial charge in [-0.15, -0.1) is 6.42 Å². The van der Waals surface area contributed by atoms with Crippen LogP contribution >= 0.6 is 0 Å². The van der Waals surface area contributed by atoms with Crippen LogP contribution in [0.5, 0.6) is 0 Å². The highest BCUT2D eigenvalue weighted by molar-refractivity contribution is 5.95. The van der Waals surface area contributed by atoms with Gasteiger partial charge in [0.1, 0.15) is 12.6 Å². The molecule has 104 valence electrons. The molecule has 1 aliphatic rings. The van der Waals surface area contributed by atoms with Gasteiger partial charge in [-0.3, -0.25) is 9.59 Å². The number of hydrogen-bond donors (Lipinski definition) is 1. The predicted octanol–water partition coefficient (Wildman–Crippen LogP) is 1.49. The molecule has 4 heteroatoms. The van der Waals surface area contributed by atoms with E-state index < -0.39 is 6.04 Å². The molecule has 1 heterocycles. The first-order valence-corrected chi connectivity index (χ1v) is 6.78. The topological polar surface area (TPSA) is 49.4 Å². The molecule has 2 unspecified atom stereocenters. The van der Waals surface area contributed by atoms with Crippen LogP contribution in [0.2, 0.25) is 0 Å². The Morgan fingerprint density at radius 1 is 1.40 bits per heavy atom. The van der Waals surface area contributed by atoms with Crippen molar-refractivity contribution in [2.24, 2.45) is 0 Å². The summed E-state index contributed by atoms with van der Waals surface area (Å²) in [7, 11) is 0. The summed E-state index contributed by atoms with van der Waals surface area (Å²) in [5.74, 6) is 2.32. The Labute approximate surface area is 119 Å². The molecule has 2 rings (SSSR count). The van der Waals surface area contributed by atoms with E-state index in [2.05, 4.69) is 11.2 Å². The fourth-order valence-electron chi connectivity index (χ4n) is 2.40. The first kappa shape index (κ1) is 14.1. The lowest BCUT2D eigenvalue weighted by Gasteiger charge is -2.36. The number of amides is 2. The molecular weight excluding hydrogens is 252 g/mol. The summed E-state index contributed by atoms with van der Waals surface area (Å²) in [5.41, 5.74) is 0.780. The van der Waals surface area contributed by atoms with Gasteiger partial charge in [0.15, 0.2) is 0 Å². The SMILES string of the molecule is C#CC(CCC)N1CC(=O)NC(c2ccccc2)C1=O. The number of carbonyl (C=O) groups is 2. The Balaban J connectivity index is 2.26. The zero-order valence-electron chi connectivity index (χ0n) is 11.5. The van der Waals surface area contributed by atoms with Gasteiger partial charge in [-0.2, -0.15) is 0 Å². The number of piperazine rings is 1. The number of nitrogens with zero attached hydrogens (tertiary/aromatic N) is 1. The summed E-state index contributed by atoms with van der Waals surface area (Å²) in [6.07, 6.45) is 7.08. The smallest absolute Gasteiger partial charge is 0.251 e. The van der Waals surface area contributed by atoms with Crippen LogP contribution in [0.3, 0.4) is 0 Å². The maximum absolute atomic E-state index is 12.6. The Morgan fingerprint density at radius 2 is 2.10 bits per heavy atom. The molecule has 0 bridgehead atoms. The van der Waals surface area contributed by atoms with Gasteiger partial charge in [0.25, 0.3) is 5.91 Å². The first-order chi connectivity index (χ1) is 9.67. The van der Waals surface area contributed by atoms with E-state index in [1.807, 2.05) is 37.3 Å². The standard InChI is InChI=1S/C16H18N2O2/c1-3-8-13(4-2)18-11-14(19)17-15(16(18)20)12-9-6-5-7-10-12/h2,5-7,9-10,13,15H,3,8,11H2,1H3,(H,17,19). The van der Waals surface area contributed by atoms with Gasteiger partial charge in [-0.05, 0) is 12.0 Å². The maximum atomic E-state index is 12.6. The van der Waals surface area contributed by atoms with E-state index in [9.17, 15) is 9.59 Å². The van der Waals surface area contributed by atoms with Crippen molar-refractivity contribution in [1.82, 2.24) is 10.2 Å². The van der Waals surface area contributed by atoms with Crippen molar-refractivity contribution in [3.8, 4) is 12.3 Å². The van der Waals surface area contributed by atoms with Crippen LogP contribution in [0.15, 0.2) is 30.3 Å². The van der Waals surface area contributed by atoms with Crippen LogP contribution in [-0.2, 0) is 9.59 Å². The minimum atomic E-state index is -0.634. The molecular formula is C16H18N2O2. The number of rotatable bonds is 4. The lowest BCUT2D eigenvalue weighted by atomic mass is 10.0. The third kappa shape index (κ3) is 2.83. The second-order valence-electron chi connectivity index (χ2n) is 4.85.